The summed E-state index contributed by atoms with van der Waals surface area (Å²) in [6.45, 7) is 7.39. The molecule has 142 valence electrons. The van der Waals surface area contributed by atoms with Crippen molar-refractivity contribution in [3.63, 3.8) is 0 Å². The second-order valence-electron chi connectivity index (χ2n) is 6.20. The standard InChI is InChI=1S/C17H25N5O3S/c1-5-21-14(23)13-11(2)12(10-20-7-6-19-16(20)18-3)26-15(13)22(17(21)24)8-9-25-4/h5-10H2,1-4H3,(H,18,19). The Morgan fingerprint density at radius 3 is 2.73 bits per heavy atom. The zero-order valence-electron chi connectivity index (χ0n) is 15.7. The molecule has 0 radical (unpaired) electrons. The molecule has 0 amide bonds. The van der Waals surface area contributed by atoms with Gasteiger partial charge >= 0.3 is 5.69 Å². The van der Waals surface area contributed by atoms with E-state index in [1.807, 2.05) is 13.8 Å². The SMILES string of the molecule is CCn1c(=O)c2c(C)c(CN3CCN/C3=N\C)sc2n(CCOC)c1=O. The number of aliphatic imine (C=N–C) groups is 1. The van der Waals surface area contributed by atoms with Crippen LogP contribution in [-0.4, -0.2) is 53.8 Å². The van der Waals surface area contributed by atoms with Gasteiger partial charge in [-0.05, 0) is 19.4 Å². The molecule has 2 aromatic heterocycles. The molecular weight excluding hydrogens is 354 g/mol. The fraction of sp³-hybridized carbons (Fsp3) is 0.588. The zero-order valence-corrected chi connectivity index (χ0v) is 16.5. The topological polar surface area (TPSA) is 80.9 Å². The Labute approximate surface area is 155 Å². The number of aromatic nitrogens is 2. The molecule has 0 spiro atoms. The number of hydrogen-bond donors (Lipinski definition) is 1. The fourth-order valence-corrected chi connectivity index (χ4v) is 4.65. The third-order valence-electron chi connectivity index (χ3n) is 4.74. The molecule has 2 aromatic rings. The summed E-state index contributed by atoms with van der Waals surface area (Å²) in [6.07, 6.45) is 0. The van der Waals surface area contributed by atoms with Crippen LogP contribution >= 0.6 is 11.3 Å². The Morgan fingerprint density at radius 2 is 2.08 bits per heavy atom. The number of fused-ring (bicyclic) bond motifs is 1. The minimum absolute atomic E-state index is 0.204. The first-order valence-corrected chi connectivity index (χ1v) is 9.55. The summed E-state index contributed by atoms with van der Waals surface area (Å²) in [5.41, 5.74) is 0.476. The number of guanidine groups is 1. The highest BCUT2D eigenvalue weighted by Gasteiger charge is 2.23. The van der Waals surface area contributed by atoms with E-state index in [0.29, 0.717) is 31.6 Å². The van der Waals surface area contributed by atoms with Gasteiger partial charge in [0.15, 0.2) is 5.96 Å². The van der Waals surface area contributed by atoms with Crippen molar-refractivity contribution in [2.24, 2.45) is 4.99 Å². The molecule has 1 fully saturated rings. The van der Waals surface area contributed by atoms with Gasteiger partial charge in [-0.3, -0.25) is 18.9 Å². The van der Waals surface area contributed by atoms with Crippen molar-refractivity contribution in [1.82, 2.24) is 19.4 Å². The number of aryl methyl sites for hydroxylation is 1. The lowest BCUT2D eigenvalue weighted by Crippen LogP contribution is -2.39. The van der Waals surface area contributed by atoms with Gasteiger partial charge in [0.05, 0.1) is 25.1 Å². The van der Waals surface area contributed by atoms with Crippen molar-refractivity contribution in [3.8, 4) is 0 Å². The molecule has 1 saturated heterocycles. The second-order valence-corrected chi connectivity index (χ2v) is 7.29. The van der Waals surface area contributed by atoms with Crippen LogP contribution in [0.3, 0.4) is 0 Å². The predicted molar refractivity (Wildman–Crippen MR) is 104 cm³/mol. The van der Waals surface area contributed by atoms with Gasteiger partial charge in [0.1, 0.15) is 4.83 Å². The second kappa shape index (κ2) is 7.63. The van der Waals surface area contributed by atoms with Crippen molar-refractivity contribution < 1.29 is 4.74 Å². The quantitative estimate of drug-likeness (QED) is 0.795. The molecule has 26 heavy (non-hydrogen) atoms. The number of methoxy groups -OCH3 is 1. The van der Waals surface area contributed by atoms with E-state index >= 15 is 0 Å². The van der Waals surface area contributed by atoms with Crippen LogP contribution in [0.25, 0.3) is 10.2 Å². The van der Waals surface area contributed by atoms with Gasteiger partial charge < -0.3 is 15.0 Å². The van der Waals surface area contributed by atoms with Gasteiger partial charge in [0, 0.05) is 38.7 Å². The lowest BCUT2D eigenvalue weighted by Gasteiger charge is -2.16. The van der Waals surface area contributed by atoms with Gasteiger partial charge in [0.25, 0.3) is 5.56 Å². The van der Waals surface area contributed by atoms with Gasteiger partial charge in [-0.25, -0.2) is 4.79 Å². The monoisotopic (exact) mass is 379 g/mol. The summed E-state index contributed by atoms with van der Waals surface area (Å²) in [4.78, 5) is 33.9. The van der Waals surface area contributed by atoms with Crippen LogP contribution < -0.4 is 16.6 Å². The van der Waals surface area contributed by atoms with Crippen molar-refractivity contribution in [2.45, 2.75) is 33.5 Å². The smallest absolute Gasteiger partial charge is 0.332 e. The summed E-state index contributed by atoms with van der Waals surface area (Å²) >= 11 is 1.52. The molecule has 1 N–H and O–H groups in total. The number of rotatable bonds is 6. The molecule has 0 bridgehead atoms. The average Bonchev–Trinajstić information content (AvgIpc) is 3.20. The van der Waals surface area contributed by atoms with Crippen molar-refractivity contribution in [1.29, 1.82) is 0 Å². The molecule has 0 unspecified atom stereocenters. The highest BCUT2D eigenvalue weighted by Crippen LogP contribution is 2.29. The molecule has 0 aliphatic carbocycles. The molecule has 9 heteroatoms. The Morgan fingerprint density at radius 1 is 1.31 bits per heavy atom. The first kappa shape index (κ1) is 18.7. The summed E-state index contributed by atoms with van der Waals surface area (Å²) in [5.74, 6) is 0.865. The van der Waals surface area contributed by atoms with Crippen LogP contribution in [0.15, 0.2) is 14.6 Å². The molecule has 1 aliphatic heterocycles. The number of nitrogens with zero attached hydrogens (tertiary/aromatic N) is 4. The first-order valence-electron chi connectivity index (χ1n) is 8.73. The van der Waals surface area contributed by atoms with Gasteiger partial charge in [-0.15, -0.1) is 11.3 Å². The molecule has 3 heterocycles. The number of thiophene rings is 1. The number of ether oxygens (including phenoxy) is 1. The predicted octanol–water partition coefficient (Wildman–Crippen LogP) is 0.590. The van der Waals surface area contributed by atoms with Crippen molar-refractivity contribution in [3.05, 3.63) is 31.3 Å². The van der Waals surface area contributed by atoms with Crippen LogP contribution in [0.2, 0.25) is 0 Å². The number of nitrogens with one attached hydrogen (secondary N) is 1. The maximum absolute atomic E-state index is 12.9. The van der Waals surface area contributed by atoms with E-state index in [1.54, 1.807) is 18.7 Å². The third kappa shape index (κ3) is 3.05. The van der Waals surface area contributed by atoms with Gasteiger partial charge in [-0.1, -0.05) is 0 Å². The molecule has 8 nitrogen and oxygen atoms in total. The Bertz CT molecular complexity index is 956. The Hall–Kier alpha value is -2.13. The summed E-state index contributed by atoms with van der Waals surface area (Å²) in [5, 5.41) is 3.89. The van der Waals surface area contributed by atoms with Crippen LogP contribution in [-0.2, 0) is 24.4 Å². The number of hydrogen-bond acceptors (Lipinski definition) is 5. The van der Waals surface area contributed by atoms with Gasteiger partial charge in [-0.2, -0.15) is 0 Å². The maximum Gasteiger partial charge on any atom is 0.332 e. The summed E-state index contributed by atoms with van der Waals surface area (Å²) in [7, 11) is 3.37. The van der Waals surface area contributed by atoms with Crippen LogP contribution in [0.4, 0.5) is 0 Å². The van der Waals surface area contributed by atoms with E-state index in [9.17, 15) is 9.59 Å². The van der Waals surface area contributed by atoms with Crippen molar-refractivity contribution in [2.75, 3.05) is 33.9 Å². The molecular formula is C17H25N5O3S. The molecule has 0 atom stereocenters. The maximum atomic E-state index is 12.9. The lowest BCUT2D eigenvalue weighted by atomic mass is 10.2. The molecule has 1 aliphatic rings. The van der Waals surface area contributed by atoms with Crippen molar-refractivity contribution >= 4 is 27.5 Å². The Kier molecular flexibility index (Phi) is 5.47. The minimum atomic E-state index is -0.270. The minimum Gasteiger partial charge on any atom is -0.383 e. The summed E-state index contributed by atoms with van der Waals surface area (Å²) < 4.78 is 8.12. The van der Waals surface area contributed by atoms with E-state index in [4.69, 9.17) is 4.74 Å². The van der Waals surface area contributed by atoms with Crippen LogP contribution in [0, 0.1) is 6.92 Å². The highest BCUT2D eigenvalue weighted by molar-refractivity contribution is 7.18. The van der Waals surface area contributed by atoms with E-state index < -0.39 is 0 Å². The molecule has 0 aromatic carbocycles. The van der Waals surface area contributed by atoms with Crippen LogP contribution in [0.1, 0.15) is 17.4 Å². The Balaban J connectivity index is 2.16. The zero-order chi connectivity index (χ0) is 18.8. The highest BCUT2D eigenvalue weighted by atomic mass is 32.1. The third-order valence-corrected chi connectivity index (χ3v) is 6.04. The van der Waals surface area contributed by atoms with E-state index in [2.05, 4.69) is 15.2 Å². The molecule has 3 rings (SSSR count). The average molecular weight is 379 g/mol. The molecule has 0 saturated carbocycles. The van der Waals surface area contributed by atoms with E-state index in [0.717, 1.165) is 34.3 Å². The van der Waals surface area contributed by atoms with E-state index in [-0.39, 0.29) is 11.2 Å². The lowest BCUT2D eigenvalue weighted by molar-refractivity contribution is 0.186. The van der Waals surface area contributed by atoms with Crippen LogP contribution in [0.5, 0.6) is 0 Å². The fourth-order valence-electron chi connectivity index (χ4n) is 3.32. The normalized spacial score (nSPS) is 16.0. The summed E-state index contributed by atoms with van der Waals surface area (Å²) in [6, 6.07) is 0. The first-order chi connectivity index (χ1) is 12.5. The van der Waals surface area contributed by atoms with E-state index in [1.165, 1.54) is 15.9 Å². The largest absolute Gasteiger partial charge is 0.383 e. The van der Waals surface area contributed by atoms with Gasteiger partial charge in [0.2, 0.25) is 0 Å².